The fourth-order valence-corrected chi connectivity index (χ4v) is 2.33. The van der Waals surface area contributed by atoms with Gasteiger partial charge in [0.25, 0.3) is 5.56 Å². The molecule has 0 unspecified atom stereocenters. The Balaban J connectivity index is 0.000000671. The molecule has 1 aromatic carbocycles. The van der Waals surface area contributed by atoms with Crippen LogP contribution in [0.15, 0.2) is 64.6 Å². The summed E-state index contributed by atoms with van der Waals surface area (Å²) in [6.07, 6.45) is 9.37. The largest absolute Gasteiger partial charge is 0.399 e. The molecule has 4 nitrogen and oxygen atoms in total. The number of rotatable bonds is 2. The summed E-state index contributed by atoms with van der Waals surface area (Å²) in [7, 11) is 0. The third kappa shape index (κ3) is 4.95. The number of nitrogens with zero attached hydrogens (tertiary/aromatic N) is 1. The Hall–Kier alpha value is -2.62. The molecule has 24 heavy (non-hydrogen) atoms. The van der Waals surface area contributed by atoms with Crippen molar-refractivity contribution in [1.29, 1.82) is 0 Å². The molecule has 0 amide bonds. The number of hydrogen-bond acceptors (Lipinski definition) is 3. The van der Waals surface area contributed by atoms with Gasteiger partial charge in [0.05, 0.1) is 11.1 Å². The molecule has 3 rings (SSSR count). The molecule has 0 radical (unpaired) electrons. The molecule has 0 saturated carbocycles. The van der Waals surface area contributed by atoms with E-state index >= 15 is 0 Å². The van der Waals surface area contributed by atoms with Gasteiger partial charge in [-0.3, -0.25) is 4.79 Å². The maximum atomic E-state index is 11.8. The third-order valence-electron chi connectivity index (χ3n) is 3.39. The molecule has 1 aliphatic carbocycles. The number of nitrogens with one attached hydrogen (secondary N) is 1. The van der Waals surface area contributed by atoms with E-state index < -0.39 is 0 Å². The molecule has 2 aromatic rings. The Morgan fingerprint density at radius 2 is 1.79 bits per heavy atom. The third-order valence-corrected chi connectivity index (χ3v) is 3.39. The highest BCUT2D eigenvalue weighted by Crippen LogP contribution is 2.19. The van der Waals surface area contributed by atoms with Gasteiger partial charge in [-0.1, -0.05) is 69.7 Å². The molecule has 3 N–H and O–H groups in total. The molecule has 4 heteroatoms. The normalized spacial score (nSPS) is 12.8. The number of fused-ring (bicyclic) bond motifs is 1. The number of nitrogens with two attached hydrogens (primary N) is 1. The van der Waals surface area contributed by atoms with Gasteiger partial charge in [0.2, 0.25) is 0 Å². The summed E-state index contributed by atoms with van der Waals surface area (Å²) in [6, 6.07) is 7.54. The Kier molecular flexibility index (Phi) is 8.26. The van der Waals surface area contributed by atoms with Crippen LogP contribution in [-0.4, -0.2) is 10.2 Å². The van der Waals surface area contributed by atoms with Gasteiger partial charge in [0.1, 0.15) is 0 Å². The molecule has 0 saturated heterocycles. The van der Waals surface area contributed by atoms with Crippen LogP contribution in [0.4, 0.5) is 0 Å². The summed E-state index contributed by atoms with van der Waals surface area (Å²) in [5.74, 6) is 0. The number of allylic oxidation sites excluding steroid dienone is 5. The Bertz CT molecular complexity index is 795. The lowest BCUT2D eigenvalue weighted by Gasteiger charge is -2.06. The smallest absolute Gasteiger partial charge is 0.272 e. The first-order chi connectivity index (χ1) is 11.7. The van der Waals surface area contributed by atoms with Crippen molar-refractivity contribution in [1.82, 2.24) is 10.2 Å². The molecule has 0 bridgehead atoms. The maximum Gasteiger partial charge on any atom is 0.272 e. The van der Waals surface area contributed by atoms with Gasteiger partial charge in [-0.2, -0.15) is 5.10 Å². The molecule has 0 atom stereocenters. The van der Waals surface area contributed by atoms with Crippen LogP contribution in [0.25, 0.3) is 10.8 Å². The lowest BCUT2D eigenvalue weighted by molar-refractivity contribution is 0.914. The minimum absolute atomic E-state index is 0.150. The molecule has 1 aliphatic rings. The van der Waals surface area contributed by atoms with Gasteiger partial charge in [-0.05, 0) is 18.6 Å². The van der Waals surface area contributed by atoms with Gasteiger partial charge < -0.3 is 5.73 Å². The van der Waals surface area contributed by atoms with E-state index in [1.165, 1.54) is 5.57 Å². The van der Waals surface area contributed by atoms with Gasteiger partial charge in [0, 0.05) is 17.5 Å². The maximum absolute atomic E-state index is 11.8. The van der Waals surface area contributed by atoms with E-state index in [2.05, 4.69) is 16.3 Å². The molecule has 0 spiro atoms. The van der Waals surface area contributed by atoms with Gasteiger partial charge in [-0.15, -0.1) is 0 Å². The van der Waals surface area contributed by atoms with Crippen molar-refractivity contribution in [3.8, 4) is 0 Å². The molecule has 0 aliphatic heterocycles. The summed E-state index contributed by atoms with van der Waals surface area (Å²) in [6.45, 7) is 8.00. The van der Waals surface area contributed by atoms with Crippen molar-refractivity contribution in [2.75, 3.05) is 0 Å². The fourth-order valence-electron chi connectivity index (χ4n) is 2.33. The van der Waals surface area contributed by atoms with Crippen molar-refractivity contribution >= 4 is 10.8 Å². The van der Waals surface area contributed by atoms with Crippen molar-refractivity contribution in [3.63, 3.8) is 0 Å². The average molecular weight is 325 g/mol. The number of aromatic amines is 1. The van der Waals surface area contributed by atoms with Gasteiger partial charge in [-0.25, -0.2) is 5.10 Å². The Morgan fingerprint density at radius 1 is 1.12 bits per heavy atom. The van der Waals surface area contributed by atoms with Crippen molar-refractivity contribution in [3.05, 3.63) is 75.9 Å². The topological polar surface area (TPSA) is 71.8 Å². The SMILES string of the molecule is CC.CC.NC1=CCC(Cc2n[nH]c(=O)c3ccccc23)=CC=C1. The zero-order chi connectivity index (χ0) is 17.9. The zero-order valence-corrected chi connectivity index (χ0v) is 15.0. The summed E-state index contributed by atoms with van der Waals surface area (Å²) in [5.41, 5.74) is 8.50. The van der Waals surface area contributed by atoms with Crippen molar-refractivity contribution < 1.29 is 0 Å². The van der Waals surface area contributed by atoms with E-state index in [1.807, 2.05) is 70.2 Å². The van der Waals surface area contributed by atoms with Gasteiger partial charge >= 0.3 is 0 Å². The molecule has 128 valence electrons. The van der Waals surface area contributed by atoms with Gasteiger partial charge in [0.15, 0.2) is 0 Å². The molecule has 1 aromatic heterocycles. The summed E-state index contributed by atoms with van der Waals surface area (Å²) >= 11 is 0. The lowest BCUT2D eigenvalue weighted by atomic mass is 10.0. The molecule has 0 fully saturated rings. The second kappa shape index (κ2) is 10.2. The van der Waals surface area contributed by atoms with Crippen LogP contribution in [0.2, 0.25) is 0 Å². The highest BCUT2D eigenvalue weighted by Gasteiger charge is 2.08. The van der Waals surface area contributed by atoms with Crippen LogP contribution in [0, 0.1) is 0 Å². The summed E-state index contributed by atoms with van der Waals surface area (Å²) in [4.78, 5) is 11.8. The highest BCUT2D eigenvalue weighted by atomic mass is 16.1. The van der Waals surface area contributed by atoms with Crippen LogP contribution >= 0.6 is 0 Å². The van der Waals surface area contributed by atoms with E-state index in [0.717, 1.165) is 23.2 Å². The highest BCUT2D eigenvalue weighted by molar-refractivity contribution is 5.83. The zero-order valence-electron chi connectivity index (χ0n) is 15.0. The monoisotopic (exact) mass is 325 g/mol. The first kappa shape index (κ1) is 19.4. The lowest BCUT2D eigenvalue weighted by Crippen LogP contribution is -2.11. The van der Waals surface area contributed by atoms with Crippen LogP contribution < -0.4 is 11.3 Å². The second-order valence-electron chi connectivity index (χ2n) is 4.81. The Morgan fingerprint density at radius 3 is 2.50 bits per heavy atom. The van der Waals surface area contributed by atoms with Crippen LogP contribution in [0.5, 0.6) is 0 Å². The molecular formula is C20H27N3O. The summed E-state index contributed by atoms with van der Waals surface area (Å²) < 4.78 is 0. The average Bonchev–Trinajstić information content (AvgIpc) is 2.85. The van der Waals surface area contributed by atoms with Crippen molar-refractivity contribution in [2.45, 2.75) is 40.5 Å². The fraction of sp³-hybridized carbons (Fsp3) is 0.300. The van der Waals surface area contributed by atoms with E-state index in [4.69, 9.17) is 5.73 Å². The first-order valence-corrected chi connectivity index (χ1v) is 8.52. The van der Waals surface area contributed by atoms with E-state index in [-0.39, 0.29) is 5.56 Å². The van der Waals surface area contributed by atoms with Crippen LogP contribution in [0.1, 0.15) is 39.8 Å². The second-order valence-corrected chi connectivity index (χ2v) is 4.81. The predicted molar refractivity (Wildman–Crippen MR) is 103 cm³/mol. The van der Waals surface area contributed by atoms with E-state index in [9.17, 15) is 4.79 Å². The predicted octanol–water partition coefficient (Wildman–Crippen LogP) is 4.25. The standard InChI is InChI=1S/C16H15N3O.2C2H6/c17-12-5-3-4-11(8-9-12)10-15-13-6-1-2-7-14(13)16(20)19-18-15;2*1-2/h1-7,9H,8,10,17H2,(H,19,20);2*1-2H3. The minimum Gasteiger partial charge on any atom is -0.399 e. The van der Waals surface area contributed by atoms with Crippen LogP contribution in [-0.2, 0) is 6.42 Å². The van der Waals surface area contributed by atoms with Crippen LogP contribution in [0.3, 0.4) is 0 Å². The van der Waals surface area contributed by atoms with E-state index in [0.29, 0.717) is 11.8 Å². The summed E-state index contributed by atoms with van der Waals surface area (Å²) in [5, 5.41) is 8.34. The first-order valence-electron chi connectivity index (χ1n) is 8.52. The molecule has 1 heterocycles. The molecular weight excluding hydrogens is 298 g/mol. The quantitative estimate of drug-likeness (QED) is 0.867. The van der Waals surface area contributed by atoms with Crippen molar-refractivity contribution in [2.24, 2.45) is 5.73 Å². The van der Waals surface area contributed by atoms with E-state index in [1.54, 1.807) is 0 Å². The Labute approximate surface area is 143 Å². The number of benzene rings is 1. The number of aromatic nitrogens is 2. The minimum atomic E-state index is -0.150. The number of H-pyrrole nitrogens is 1. The number of hydrogen-bond donors (Lipinski definition) is 2.